The zero-order chi connectivity index (χ0) is 21.2. The molecule has 0 unspecified atom stereocenters. The van der Waals surface area contributed by atoms with Crippen LogP contribution in [0.3, 0.4) is 0 Å². The van der Waals surface area contributed by atoms with Crippen molar-refractivity contribution in [3.05, 3.63) is 23.4 Å². The van der Waals surface area contributed by atoms with E-state index in [-0.39, 0.29) is 18.1 Å². The lowest BCUT2D eigenvalue weighted by atomic mass is 10.0. The Hall–Kier alpha value is -1.85. The fourth-order valence-electron chi connectivity index (χ4n) is 2.99. The average molecular weight is 475 g/mol. The predicted octanol–water partition coefficient (Wildman–Crippen LogP) is -1.71. The molecule has 0 bridgehead atoms. The molecule has 1 fully saturated rings. The van der Waals surface area contributed by atoms with Crippen LogP contribution in [0.4, 0.5) is 0 Å². The first-order valence-corrected chi connectivity index (χ1v) is 10.5. The molecule has 0 aromatic heterocycles. The number of β-lactam (4-membered cyclic amide) rings is 1. The number of amides is 3. The van der Waals surface area contributed by atoms with Crippen molar-refractivity contribution in [2.75, 3.05) is 32.9 Å². The second kappa shape index (κ2) is 8.66. The Morgan fingerprint density at radius 1 is 1.46 bits per heavy atom. The standard InChI is InChI=1S/C17H23BrN4O5S/c1-9(18)14(24)20-12-15(25)21-13(17(26)27)10(8-28-16(12)21)5-4-6-22(2,3)7-11(19)23/h4-5,9,12,16H,6-8H2,1-3H3,(H3-,19,20,23,24,26,27)/b5-4+/t9-,12-,16-/m1/s1. The van der Waals surface area contributed by atoms with Crippen molar-refractivity contribution < 1.29 is 28.8 Å². The summed E-state index contributed by atoms with van der Waals surface area (Å²) in [5.74, 6) is -2.33. The minimum absolute atomic E-state index is 0.144. The highest BCUT2D eigenvalue weighted by Gasteiger charge is 2.52. The van der Waals surface area contributed by atoms with E-state index < -0.39 is 34.0 Å². The number of nitrogens with two attached hydrogens (primary N) is 1. The monoisotopic (exact) mass is 474 g/mol. The molecule has 0 aromatic rings. The Morgan fingerprint density at radius 2 is 2.11 bits per heavy atom. The van der Waals surface area contributed by atoms with Crippen molar-refractivity contribution in [2.45, 2.75) is 23.2 Å². The van der Waals surface area contributed by atoms with Gasteiger partial charge in [-0.05, 0) is 18.6 Å². The Morgan fingerprint density at radius 3 is 2.64 bits per heavy atom. The number of allylic oxidation sites excluding steroid dienone is 1. The van der Waals surface area contributed by atoms with Crippen LogP contribution in [0.2, 0.25) is 0 Å². The van der Waals surface area contributed by atoms with Crippen molar-refractivity contribution >= 4 is 51.4 Å². The molecule has 2 heterocycles. The Kier molecular flexibility index (Phi) is 6.94. The number of likely N-dealkylation sites (N-methyl/N-ethyl adjacent to an activating group) is 1. The number of alkyl halides is 1. The summed E-state index contributed by atoms with van der Waals surface area (Å²) >= 11 is 4.51. The molecule has 0 saturated carbocycles. The molecule has 3 N–H and O–H groups in total. The molecule has 0 spiro atoms. The molecule has 3 atom stereocenters. The van der Waals surface area contributed by atoms with Crippen LogP contribution in [0, 0.1) is 0 Å². The molecule has 2 aliphatic heterocycles. The van der Waals surface area contributed by atoms with Gasteiger partial charge in [0.2, 0.25) is 5.91 Å². The number of nitrogens with one attached hydrogen (secondary N) is 1. The zero-order valence-corrected chi connectivity index (χ0v) is 18.2. The third kappa shape index (κ3) is 4.95. The van der Waals surface area contributed by atoms with Gasteiger partial charge in [-0.1, -0.05) is 22.0 Å². The molecule has 28 heavy (non-hydrogen) atoms. The van der Waals surface area contributed by atoms with Crippen LogP contribution < -0.4 is 16.2 Å². The Balaban J connectivity index is 2.16. The van der Waals surface area contributed by atoms with Gasteiger partial charge >= 0.3 is 0 Å². The van der Waals surface area contributed by atoms with Crippen LogP contribution >= 0.6 is 27.7 Å². The SMILES string of the molecule is C[C@@H](Br)C(=O)N[C@@H]1C(=O)N2C(C(=O)[O-])=C(/C=C/C[N+](C)(C)CC(N)=O)CS[C@H]12. The van der Waals surface area contributed by atoms with Crippen molar-refractivity contribution in [2.24, 2.45) is 5.73 Å². The largest absolute Gasteiger partial charge is 0.543 e. The van der Waals surface area contributed by atoms with Gasteiger partial charge in [0.15, 0.2) is 6.54 Å². The van der Waals surface area contributed by atoms with Gasteiger partial charge in [0.05, 0.1) is 37.1 Å². The lowest BCUT2D eigenvalue weighted by Crippen LogP contribution is -2.71. The fraction of sp³-hybridized carbons (Fsp3) is 0.529. The molecule has 3 amide bonds. The van der Waals surface area contributed by atoms with Crippen LogP contribution in [-0.4, -0.2) is 82.3 Å². The zero-order valence-electron chi connectivity index (χ0n) is 15.8. The number of hydrogen-bond donors (Lipinski definition) is 2. The third-order valence-corrected chi connectivity index (χ3v) is 6.07. The Labute approximate surface area is 175 Å². The number of carbonyl (C=O) groups excluding carboxylic acids is 4. The van der Waals surface area contributed by atoms with Crippen molar-refractivity contribution in [3.8, 4) is 0 Å². The summed E-state index contributed by atoms with van der Waals surface area (Å²) in [4.78, 5) is 47.8. The van der Waals surface area contributed by atoms with Crippen LogP contribution in [0.5, 0.6) is 0 Å². The molecule has 2 aliphatic rings. The van der Waals surface area contributed by atoms with E-state index in [0.717, 1.165) is 4.90 Å². The molecule has 0 radical (unpaired) electrons. The van der Waals surface area contributed by atoms with Crippen LogP contribution in [-0.2, 0) is 19.2 Å². The van der Waals surface area contributed by atoms with Crippen LogP contribution in [0.15, 0.2) is 23.4 Å². The summed E-state index contributed by atoms with van der Waals surface area (Å²) in [5.41, 5.74) is 5.50. The number of carboxylic acid groups (broad SMARTS) is 1. The molecule has 9 nitrogen and oxygen atoms in total. The number of rotatable bonds is 8. The average Bonchev–Trinajstić information content (AvgIpc) is 2.57. The summed E-state index contributed by atoms with van der Waals surface area (Å²) in [7, 11) is 3.65. The van der Waals surface area contributed by atoms with Gasteiger partial charge in [0, 0.05) is 5.75 Å². The summed E-state index contributed by atoms with van der Waals surface area (Å²) in [6.45, 7) is 2.24. The van der Waals surface area contributed by atoms with E-state index in [9.17, 15) is 24.3 Å². The fourth-order valence-corrected chi connectivity index (χ4v) is 4.45. The summed E-state index contributed by atoms with van der Waals surface area (Å²) < 4.78 is 0.316. The second-order valence-electron chi connectivity index (χ2n) is 7.32. The summed E-state index contributed by atoms with van der Waals surface area (Å²) in [6, 6.07) is -0.761. The van der Waals surface area contributed by atoms with E-state index in [1.807, 2.05) is 14.1 Å². The number of nitrogens with zero attached hydrogens (tertiary/aromatic N) is 2. The Bertz CT molecular complexity index is 765. The van der Waals surface area contributed by atoms with E-state index >= 15 is 0 Å². The second-order valence-corrected chi connectivity index (χ2v) is 9.80. The minimum Gasteiger partial charge on any atom is -0.543 e. The molecule has 2 rings (SSSR count). The maximum Gasteiger partial charge on any atom is 0.272 e. The molecular weight excluding hydrogens is 452 g/mol. The molecule has 0 aliphatic carbocycles. The van der Waals surface area contributed by atoms with E-state index in [1.54, 1.807) is 19.1 Å². The lowest BCUT2D eigenvalue weighted by Gasteiger charge is -2.50. The first-order valence-electron chi connectivity index (χ1n) is 8.55. The van der Waals surface area contributed by atoms with Crippen molar-refractivity contribution in [1.29, 1.82) is 0 Å². The maximum absolute atomic E-state index is 12.4. The highest BCUT2D eigenvalue weighted by Crippen LogP contribution is 2.40. The number of quaternary nitrogens is 1. The number of halogens is 1. The van der Waals surface area contributed by atoms with Gasteiger partial charge in [0.1, 0.15) is 11.4 Å². The van der Waals surface area contributed by atoms with Crippen molar-refractivity contribution in [3.63, 3.8) is 0 Å². The number of aliphatic carboxylic acids is 1. The highest BCUT2D eigenvalue weighted by molar-refractivity contribution is 9.10. The number of fused-ring (bicyclic) bond motifs is 1. The first-order chi connectivity index (χ1) is 12.9. The van der Waals surface area contributed by atoms with E-state index in [1.165, 1.54) is 11.8 Å². The normalized spacial score (nSPS) is 23.3. The lowest BCUT2D eigenvalue weighted by molar-refractivity contribution is -0.876. The smallest absolute Gasteiger partial charge is 0.272 e. The number of hydrogen-bond acceptors (Lipinski definition) is 6. The summed E-state index contributed by atoms with van der Waals surface area (Å²) in [6.07, 6.45) is 3.38. The van der Waals surface area contributed by atoms with E-state index in [2.05, 4.69) is 21.2 Å². The molecule has 1 saturated heterocycles. The number of carboxylic acids is 1. The van der Waals surface area contributed by atoms with Gasteiger partial charge in [-0.15, -0.1) is 11.8 Å². The van der Waals surface area contributed by atoms with Crippen molar-refractivity contribution in [1.82, 2.24) is 10.2 Å². The maximum atomic E-state index is 12.4. The molecule has 0 aromatic carbocycles. The topological polar surface area (TPSA) is 133 Å². The third-order valence-electron chi connectivity index (χ3n) is 4.35. The van der Waals surface area contributed by atoms with Crippen LogP contribution in [0.25, 0.3) is 0 Å². The number of carbonyl (C=O) groups is 4. The predicted molar refractivity (Wildman–Crippen MR) is 106 cm³/mol. The first kappa shape index (κ1) is 22.4. The quantitative estimate of drug-likeness (QED) is 0.244. The molecule has 11 heteroatoms. The molecular formula is C17H23BrN4O5S. The minimum atomic E-state index is -1.44. The molecule has 154 valence electrons. The van der Waals surface area contributed by atoms with E-state index in [4.69, 9.17) is 5.73 Å². The van der Waals surface area contributed by atoms with E-state index in [0.29, 0.717) is 22.4 Å². The van der Waals surface area contributed by atoms with Crippen LogP contribution in [0.1, 0.15) is 6.92 Å². The van der Waals surface area contributed by atoms with Gasteiger partial charge in [-0.25, -0.2) is 0 Å². The van der Waals surface area contributed by atoms with Gasteiger partial charge in [0.25, 0.3) is 11.8 Å². The highest BCUT2D eigenvalue weighted by atomic mass is 79.9. The number of primary amides is 1. The van der Waals surface area contributed by atoms with Gasteiger partial charge in [-0.3, -0.25) is 19.3 Å². The van der Waals surface area contributed by atoms with Gasteiger partial charge in [-0.2, -0.15) is 0 Å². The van der Waals surface area contributed by atoms with Gasteiger partial charge < -0.3 is 25.4 Å². The number of thioether (sulfide) groups is 1. The summed E-state index contributed by atoms with van der Waals surface area (Å²) in [5, 5.41) is 13.8.